The monoisotopic (exact) mass is 645 g/mol. The quantitative estimate of drug-likeness (QED) is 0.121. The molecule has 0 saturated carbocycles. The van der Waals surface area contributed by atoms with Gasteiger partial charge in [-0.2, -0.15) is 31.6 Å². The number of benzene rings is 2. The molecule has 1 aliphatic rings. The smallest absolute Gasteiger partial charge is 0.416 e. The number of tetrazole rings is 1. The normalized spacial score (nSPS) is 17.1. The molecule has 0 bridgehead atoms. The molecule has 1 aliphatic heterocycles. The molecule has 3 heterocycles. The number of pyridine rings is 1. The van der Waals surface area contributed by atoms with E-state index in [4.69, 9.17) is 4.74 Å². The Balaban J connectivity index is 1.47. The molecule has 1 atom stereocenters. The van der Waals surface area contributed by atoms with Crippen molar-refractivity contribution in [3.8, 4) is 17.3 Å². The van der Waals surface area contributed by atoms with Crippen molar-refractivity contribution in [3.63, 3.8) is 0 Å². The maximum Gasteiger partial charge on any atom is 0.416 e. The van der Waals surface area contributed by atoms with Crippen molar-refractivity contribution in [2.45, 2.75) is 44.1 Å². The third kappa shape index (κ3) is 7.00. The lowest BCUT2D eigenvalue weighted by Gasteiger charge is -2.41. The zero-order valence-corrected chi connectivity index (χ0v) is 24.0. The van der Waals surface area contributed by atoms with E-state index in [9.17, 15) is 35.9 Å². The Hall–Kier alpha value is -5.28. The Morgan fingerprint density at radius 3 is 2.30 bits per heavy atom. The van der Waals surface area contributed by atoms with E-state index < -0.39 is 48.1 Å². The molecule has 2 amide bonds. The van der Waals surface area contributed by atoms with Gasteiger partial charge >= 0.3 is 12.4 Å². The summed E-state index contributed by atoms with van der Waals surface area (Å²) in [4.78, 5) is 31.2. The number of hydrogen-bond acceptors (Lipinski definition) is 7. The number of alkyl halides is 6. The molecule has 2 aromatic heterocycles. The van der Waals surface area contributed by atoms with Crippen molar-refractivity contribution in [2.75, 3.05) is 11.9 Å². The number of aromatic amines is 1. The Morgan fingerprint density at radius 2 is 1.72 bits per heavy atom. The standard InChI is InChI=1S/C30H25F6N7O3/c1-17-3-5-18(6-4-17)22-15-28(30(34,35)36,19-7-10-21(11-8-19)46-14-2-13-29(31,32)33)39-27(45)24(22)26(44)38-20-9-12-23(37-16-20)25-40-42-43-41-25/h3-12,16H,2,13-15H2,1H3,(H,38,44)(H,39,45)(H,40,41,42,43). The number of rotatable bonds is 9. The van der Waals surface area contributed by atoms with Crippen molar-refractivity contribution >= 4 is 23.1 Å². The second-order valence-electron chi connectivity index (χ2n) is 10.5. The zero-order chi connectivity index (χ0) is 33.1. The van der Waals surface area contributed by atoms with E-state index in [1.165, 1.54) is 42.6 Å². The largest absolute Gasteiger partial charge is 0.494 e. The highest BCUT2D eigenvalue weighted by molar-refractivity contribution is 6.28. The first kappa shape index (κ1) is 32.1. The van der Waals surface area contributed by atoms with Gasteiger partial charge in [-0.15, -0.1) is 10.2 Å². The van der Waals surface area contributed by atoms with Crippen molar-refractivity contribution in [1.29, 1.82) is 0 Å². The molecule has 0 radical (unpaired) electrons. The molecule has 0 spiro atoms. The molecule has 240 valence electrons. The average molecular weight is 646 g/mol. The van der Waals surface area contributed by atoms with Gasteiger partial charge in [-0.1, -0.05) is 42.0 Å². The lowest BCUT2D eigenvalue weighted by atomic mass is 9.76. The van der Waals surface area contributed by atoms with Crippen LogP contribution >= 0.6 is 0 Å². The first-order valence-electron chi connectivity index (χ1n) is 13.8. The fourth-order valence-corrected chi connectivity index (χ4v) is 4.90. The Labute approximate surface area is 257 Å². The molecule has 3 N–H and O–H groups in total. The first-order chi connectivity index (χ1) is 21.8. The van der Waals surface area contributed by atoms with Crippen LogP contribution in [0.5, 0.6) is 5.75 Å². The summed E-state index contributed by atoms with van der Waals surface area (Å²) in [6.45, 7) is 1.48. The van der Waals surface area contributed by atoms with E-state index in [-0.39, 0.29) is 47.0 Å². The van der Waals surface area contributed by atoms with Gasteiger partial charge in [0.1, 0.15) is 17.0 Å². The summed E-state index contributed by atoms with van der Waals surface area (Å²) in [6, 6.07) is 13.8. The van der Waals surface area contributed by atoms with E-state index in [2.05, 4.69) is 30.9 Å². The molecular formula is C30H25F6N7O3. The second kappa shape index (κ2) is 12.6. The van der Waals surface area contributed by atoms with Gasteiger partial charge in [0.25, 0.3) is 11.8 Å². The summed E-state index contributed by atoms with van der Waals surface area (Å²) >= 11 is 0. The van der Waals surface area contributed by atoms with Gasteiger partial charge in [-0.3, -0.25) is 14.6 Å². The Bertz CT molecular complexity index is 1720. The third-order valence-electron chi connectivity index (χ3n) is 7.22. The number of anilines is 1. The van der Waals surface area contributed by atoms with Crippen LogP contribution in [-0.2, 0) is 15.1 Å². The van der Waals surface area contributed by atoms with Crippen LogP contribution in [0.15, 0.2) is 72.4 Å². The fraction of sp³-hybridized carbons (Fsp3) is 0.267. The number of aromatic nitrogens is 5. The van der Waals surface area contributed by atoms with Crippen LogP contribution in [0.4, 0.5) is 32.0 Å². The minimum absolute atomic E-state index is 0.0544. The predicted octanol–water partition coefficient (Wildman–Crippen LogP) is 5.66. The Kier molecular flexibility index (Phi) is 8.81. The number of H-pyrrole nitrogens is 1. The van der Waals surface area contributed by atoms with Crippen LogP contribution in [0.3, 0.4) is 0 Å². The summed E-state index contributed by atoms with van der Waals surface area (Å²) in [6.07, 6.45) is -10.4. The van der Waals surface area contributed by atoms with Crippen LogP contribution in [0.25, 0.3) is 17.1 Å². The summed E-state index contributed by atoms with van der Waals surface area (Å²) in [5.74, 6) is -1.97. The van der Waals surface area contributed by atoms with E-state index >= 15 is 0 Å². The van der Waals surface area contributed by atoms with Crippen LogP contribution < -0.4 is 15.4 Å². The van der Waals surface area contributed by atoms with E-state index in [0.29, 0.717) is 5.69 Å². The van der Waals surface area contributed by atoms with Crippen molar-refractivity contribution < 1.29 is 40.7 Å². The summed E-state index contributed by atoms with van der Waals surface area (Å²) in [7, 11) is 0. The molecule has 2 aromatic carbocycles. The van der Waals surface area contributed by atoms with Crippen LogP contribution in [0.2, 0.25) is 0 Å². The molecule has 10 nitrogen and oxygen atoms in total. The zero-order valence-electron chi connectivity index (χ0n) is 24.0. The number of carbonyl (C=O) groups excluding carboxylic acids is 2. The number of halogens is 6. The molecule has 0 saturated heterocycles. The minimum Gasteiger partial charge on any atom is -0.494 e. The third-order valence-corrected chi connectivity index (χ3v) is 7.22. The van der Waals surface area contributed by atoms with E-state index in [1.54, 1.807) is 19.1 Å². The fourth-order valence-electron chi connectivity index (χ4n) is 4.90. The lowest BCUT2D eigenvalue weighted by Crippen LogP contribution is -2.59. The number of carbonyl (C=O) groups is 2. The average Bonchev–Trinajstić information content (AvgIpc) is 3.54. The molecule has 1 unspecified atom stereocenters. The lowest BCUT2D eigenvalue weighted by molar-refractivity contribution is -0.201. The van der Waals surface area contributed by atoms with Gasteiger partial charge in [-0.25, -0.2) is 0 Å². The summed E-state index contributed by atoms with van der Waals surface area (Å²) in [5, 5.41) is 17.9. The minimum atomic E-state index is -5.04. The molecule has 16 heteroatoms. The topological polar surface area (TPSA) is 135 Å². The number of hydrogen-bond donors (Lipinski definition) is 3. The predicted molar refractivity (Wildman–Crippen MR) is 152 cm³/mol. The van der Waals surface area contributed by atoms with Crippen LogP contribution in [-0.4, -0.2) is 56.4 Å². The maximum atomic E-state index is 15.0. The first-order valence-corrected chi connectivity index (χ1v) is 13.8. The Morgan fingerprint density at radius 1 is 1.00 bits per heavy atom. The highest BCUT2D eigenvalue weighted by Crippen LogP contribution is 2.48. The molecule has 46 heavy (non-hydrogen) atoms. The molecule has 0 aliphatic carbocycles. The summed E-state index contributed by atoms with van der Waals surface area (Å²) < 4.78 is 87.5. The van der Waals surface area contributed by atoms with Crippen LogP contribution in [0, 0.1) is 6.92 Å². The van der Waals surface area contributed by atoms with Crippen molar-refractivity contribution in [1.82, 2.24) is 30.9 Å². The maximum absolute atomic E-state index is 15.0. The molecule has 5 rings (SSSR count). The number of ether oxygens (including phenoxy) is 1. The van der Waals surface area contributed by atoms with Crippen molar-refractivity contribution in [3.05, 3.63) is 89.1 Å². The van der Waals surface area contributed by atoms with Gasteiger partial charge in [0.2, 0.25) is 5.82 Å². The van der Waals surface area contributed by atoms with Crippen molar-refractivity contribution in [2.24, 2.45) is 0 Å². The van der Waals surface area contributed by atoms with E-state index in [1.807, 2.05) is 5.32 Å². The SMILES string of the molecule is Cc1ccc(C2=C(C(=O)Nc3ccc(-c4nn[nH]n4)nc3)C(=O)NC(c3ccc(OCCCC(F)(F)F)cc3)(C(F)(F)F)C2)cc1. The van der Waals surface area contributed by atoms with E-state index in [0.717, 1.165) is 17.7 Å². The summed E-state index contributed by atoms with van der Waals surface area (Å²) in [5.41, 5.74) is -2.46. The second-order valence-corrected chi connectivity index (χ2v) is 10.5. The number of nitrogens with zero attached hydrogens (tertiary/aromatic N) is 4. The molecule has 4 aromatic rings. The van der Waals surface area contributed by atoms with Gasteiger partial charge < -0.3 is 15.4 Å². The molecular weight excluding hydrogens is 620 g/mol. The number of aryl methyl sites for hydroxylation is 1. The van der Waals surface area contributed by atoms with Gasteiger partial charge in [0.15, 0.2) is 5.54 Å². The van der Waals surface area contributed by atoms with Gasteiger partial charge in [0, 0.05) is 12.8 Å². The van der Waals surface area contributed by atoms with Gasteiger partial charge in [0.05, 0.1) is 18.5 Å². The highest BCUT2D eigenvalue weighted by atomic mass is 19.4. The molecule has 0 fully saturated rings. The number of amides is 2. The van der Waals surface area contributed by atoms with Crippen LogP contribution in [0.1, 0.15) is 36.0 Å². The highest BCUT2D eigenvalue weighted by Gasteiger charge is 2.60. The van der Waals surface area contributed by atoms with Gasteiger partial charge in [-0.05, 0) is 59.5 Å². The number of nitrogens with one attached hydrogen (secondary N) is 3.